The average Bonchev–Trinajstić information content (AvgIpc) is 2.67. The van der Waals surface area contributed by atoms with Gasteiger partial charge in [-0.2, -0.15) is 8.42 Å². The van der Waals surface area contributed by atoms with Crippen molar-refractivity contribution in [1.29, 1.82) is 0 Å². The maximum absolute atomic E-state index is 10.8. The fraction of sp³-hybridized carbons (Fsp3) is 0.217. The number of hydrogen-bond acceptors (Lipinski definition) is 3. The second kappa shape index (κ2) is 9.53. The minimum absolute atomic E-state index is 0.198. The highest BCUT2D eigenvalue weighted by molar-refractivity contribution is 7.85. The highest BCUT2D eigenvalue weighted by Gasteiger charge is 2.07. The molecule has 0 aromatic heterocycles. The van der Waals surface area contributed by atoms with Crippen molar-refractivity contribution < 1.29 is 17.7 Å². The van der Waals surface area contributed by atoms with Gasteiger partial charge in [0.25, 0.3) is 10.1 Å². The number of rotatable bonds is 9. The van der Waals surface area contributed by atoms with E-state index in [1.165, 1.54) is 5.56 Å². The average molecular weight is 397 g/mol. The molecule has 0 saturated carbocycles. The number of hydrogen-bond donors (Lipinski definition) is 1. The van der Waals surface area contributed by atoms with Crippen molar-refractivity contribution in [2.75, 3.05) is 5.75 Å². The number of benzene rings is 3. The Morgan fingerprint density at radius 2 is 1.50 bits per heavy atom. The van der Waals surface area contributed by atoms with Gasteiger partial charge in [-0.15, -0.1) is 0 Å². The Hall–Kier alpha value is -2.63. The van der Waals surface area contributed by atoms with Crippen LogP contribution in [0.1, 0.15) is 29.5 Å². The third kappa shape index (κ3) is 6.51. The van der Waals surface area contributed by atoms with Crippen LogP contribution in [-0.2, 0) is 23.0 Å². The van der Waals surface area contributed by atoms with E-state index >= 15 is 0 Å². The number of ether oxygens (including phenoxy) is 1. The van der Waals surface area contributed by atoms with Gasteiger partial charge in [0.05, 0.1) is 5.75 Å². The smallest absolute Gasteiger partial charge is 0.264 e. The van der Waals surface area contributed by atoms with Crippen molar-refractivity contribution in [3.8, 4) is 11.5 Å². The maximum Gasteiger partial charge on any atom is 0.264 e. The van der Waals surface area contributed by atoms with E-state index in [1.807, 2.05) is 60.7 Å². The van der Waals surface area contributed by atoms with E-state index < -0.39 is 10.1 Å². The lowest BCUT2D eigenvalue weighted by Gasteiger charge is -2.12. The zero-order valence-electron chi connectivity index (χ0n) is 15.6. The molecule has 0 amide bonds. The van der Waals surface area contributed by atoms with E-state index in [0.717, 1.165) is 35.5 Å². The molecule has 0 aliphatic rings. The Labute approximate surface area is 166 Å². The zero-order chi connectivity index (χ0) is 19.8. The molecule has 0 saturated heterocycles. The van der Waals surface area contributed by atoms with Crippen molar-refractivity contribution in [2.45, 2.75) is 25.7 Å². The molecule has 5 heteroatoms. The largest absolute Gasteiger partial charge is 0.457 e. The third-order valence-corrected chi connectivity index (χ3v) is 5.26. The lowest BCUT2D eigenvalue weighted by Crippen LogP contribution is -2.03. The SMILES string of the molecule is O=S(=O)(O)CCCCc1cccc(Oc2ccccc2Cc2ccccc2)c1. The van der Waals surface area contributed by atoms with Gasteiger partial charge < -0.3 is 4.74 Å². The van der Waals surface area contributed by atoms with Crippen LogP contribution < -0.4 is 4.74 Å². The molecule has 3 aromatic rings. The van der Waals surface area contributed by atoms with Crippen molar-refractivity contribution >= 4 is 10.1 Å². The molecule has 0 spiro atoms. The Morgan fingerprint density at radius 3 is 2.29 bits per heavy atom. The second-order valence-electron chi connectivity index (χ2n) is 6.76. The summed E-state index contributed by atoms with van der Waals surface area (Å²) in [5.41, 5.74) is 3.42. The summed E-state index contributed by atoms with van der Waals surface area (Å²) in [4.78, 5) is 0. The summed E-state index contributed by atoms with van der Waals surface area (Å²) >= 11 is 0. The lowest BCUT2D eigenvalue weighted by atomic mass is 10.0. The van der Waals surface area contributed by atoms with Crippen LogP contribution in [-0.4, -0.2) is 18.7 Å². The number of aryl methyl sites for hydroxylation is 1. The Bertz CT molecular complexity index is 998. The van der Waals surface area contributed by atoms with Gasteiger partial charge in [0.15, 0.2) is 0 Å². The molecule has 0 aliphatic heterocycles. The molecule has 0 heterocycles. The fourth-order valence-electron chi connectivity index (χ4n) is 3.07. The van der Waals surface area contributed by atoms with Gasteiger partial charge >= 0.3 is 0 Å². The normalized spacial score (nSPS) is 11.3. The summed E-state index contributed by atoms with van der Waals surface area (Å²) in [6.07, 6.45) is 2.66. The molecule has 3 aromatic carbocycles. The summed E-state index contributed by atoms with van der Waals surface area (Å²) in [5, 5.41) is 0. The van der Waals surface area contributed by atoms with E-state index in [4.69, 9.17) is 9.29 Å². The van der Waals surface area contributed by atoms with E-state index in [-0.39, 0.29) is 5.75 Å². The predicted molar refractivity (Wildman–Crippen MR) is 112 cm³/mol. The Morgan fingerprint density at radius 1 is 0.786 bits per heavy atom. The van der Waals surface area contributed by atoms with Crippen molar-refractivity contribution in [3.63, 3.8) is 0 Å². The van der Waals surface area contributed by atoms with Crippen LogP contribution in [0, 0.1) is 0 Å². The van der Waals surface area contributed by atoms with Crippen molar-refractivity contribution in [3.05, 3.63) is 95.6 Å². The monoisotopic (exact) mass is 396 g/mol. The first-order valence-electron chi connectivity index (χ1n) is 9.33. The number of para-hydroxylation sites is 1. The van der Waals surface area contributed by atoms with Gasteiger partial charge in [-0.3, -0.25) is 4.55 Å². The molecule has 0 unspecified atom stereocenters. The number of unbranched alkanes of at least 4 members (excludes halogenated alkanes) is 1. The van der Waals surface area contributed by atoms with Crippen LogP contribution in [0.2, 0.25) is 0 Å². The molecular formula is C23H24O4S. The van der Waals surface area contributed by atoms with E-state index in [0.29, 0.717) is 12.8 Å². The minimum Gasteiger partial charge on any atom is -0.457 e. The topological polar surface area (TPSA) is 63.6 Å². The highest BCUT2D eigenvalue weighted by Crippen LogP contribution is 2.28. The van der Waals surface area contributed by atoms with E-state index in [2.05, 4.69) is 18.2 Å². The molecule has 0 atom stereocenters. The summed E-state index contributed by atoms with van der Waals surface area (Å²) in [7, 11) is -3.88. The first kappa shape index (κ1) is 20.1. The Balaban J connectivity index is 1.66. The molecule has 146 valence electrons. The minimum atomic E-state index is -3.88. The first-order valence-corrected chi connectivity index (χ1v) is 10.9. The summed E-state index contributed by atoms with van der Waals surface area (Å²) in [6, 6.07) is 26.1. The van der Waals surface area contributed by atoms with Crippen LogP contribution in [0.5, 0.6) is 11.5 Å². The molecule has 0 bridgehead atoms. The first-order chi connectivity index (χ1) is 13.5. The molecule has 0 fully saturated rings. The molecule has 0 radical (unpaired) electrons. The Kier molecular flexibility index (Phi) is 6.85. The highest BCUT2D eigenvalue weighted by atomic mass is 32.2. The molecule has 28 heavy (non-hydrogen) atoms. The summed E-state index contributed by atoms with van der Waals surface area (Å²) in [5.74, 6) is 1.39. The van der Waals surface area contributed by atoms with Crippen LogP contribution >= 0.6 is 0 Å². The molecule has 0 aliphatic carbocycles. The fourth-order valence-corrected chi connectivity index (χ4v) is 3.64. The molecular weight excluding hydrogens is 372 g/mol. The molecule has 4 nitrogen and oxygen atoms in total. The van der Waals surface area contributed by atoms with Crippen LogP contribution in [0.15, 0.2) is 78.9 Å². The lowest BCUT2D eigenvalue weighted by molar-refractivity contribution is 0.475. The predicted octanol–water partition coefficient (Wildman–Crippen LogP) is 5.28. The van der Waals surface area contributed by atoms with Gasteiger partial charge in [0.2, 0.25) is 0 Å². The van der Waals surface area contributed by atoms with Gasteiger partial charge in [0.1, 0.15) is 11.5 Å². The summed E-state index contributed by atoms with van der Waals surface area (Å²) < 4.78 is 36.6. The standard InChI is InChI=1S/C23H24O4S/c24-28(25,26)16-7-6-11-20-12-8-14-22(18-20)27-23-15-5-4-13-21(23)17-19-9-2-1-3-10-19/h1-5,8-10,12-15,18H,6-7,11,16-17H2,(H,24,25,26). The second-order valence-corrected chi connectivity index (χ2v) is 8.33. The maximum atomic E-state index is 10.8. The zero-order valence-corrected chi connectivity index (χ0v) is 16.4. The van der Waals surface area contributed by atoms with Gasteiger partial charge in [0, 0.05) is 6.42 Å². The summed E-state index contributed by atoms with van der Waals surface area (Å²) in [6.45, 7) is 0. The quantitative estimate of drug-likeness (QED) is 0.395. The van der Waals surface area contributed by atoms with Crippen LogP contribution in [0.25, 0.3) is 0 Å². The third-order valence-electron chi connectivity index (χ3n) is 4.45. The van der Waals surface area contributed by atoms with Crippen LogP contribution in [0.4, 0.5) is 0 Å². The van der Waals surface area contributed by atoms with Crippen LogP contribution in [0.3, 0.4) is 0 Å². The van der Waals surface area contributed by atoms with Gasteiger partial charge in [-0.05, 0) is 54.2 Å². The van der Waals surface area contributed by atoms with Gasteiger partial charge in [-0.1, -0.05) is 60.7 Å². The van der Waals surface area contributed by atoms with E-state index in [1.54, 1.807) is 0 Å². The molecule has 3 rings (SSSR count). The van der Waals surface area contributed by atoms with Crippen molar-refractivity contribution in [1.82, 2.24) is 0 Å². The van der Waals surface area contributed by atoms with E-state index in [9.17, 15) is 8.42 Å². The molecule has 1 N–H and O–H groups in total. The van der Waals surface area contributed by atoms with Crippen molar-refractivity contribution in [2.24, 2.45) is 0 Å². The van der Waals surface area contributed by atoms with Gasteiger partial charge in [-0.25, -0.2) is 0 Å².